The lowest BCUT2D eigenvalue weighted by Gasteiger charge is -2.21. The summed E-state index contributed by atoms with van der Waals surface area (Å²) in [6, 6.07) is 32.3. The summed E-state index contributed by atoms with van der Waals surface area (Å²) in [5, 5.41) is 8.40. The number of nitrogens with zero attached hydrogens (tertiary/aromatic N) is 12. The van der Waals surface area contributed by atoms with Crippen molar-refractivity contribution in [1.29, 1.82) is 0 Å². The van der Waals surface area contributed by atoms with Crippen molar-refractivity contribution in [2.45, 2.75) is 55.2 Å². The standard InChI is InChI=1S/C19H21BN3O.2C18H19BN3O.C17H17BN3O/c1-12-8-18(22(4)10-13(12)2)20-9-17-16(11-23(20)5)15-7-6-14(3)21-19(15)24-17;1-12-5-8-17(21(3)10-12)19-9-16-15(11-22(19)4)14-7-6-13(2)20-18(14)23-16;1-12-7-8-21(3)17(9-12)19-10-16-15(11-22(19)4)14-6-5-13(2)20-18(14)23-16;1-12-7-8-13-14-11-21(3)18(10-15(14)22-17(13)19-12)16-6-4-5-9-20(16)2/h6-11H,1-5H3;2*5-11H,1-4H3;4-11H,1-3H3/q4*+1/i2D3;1D3;;. The van der Waals surface area contributed by atoms with Crippen molar-refractivity contribution in [3.05, 3.63) is 209 Å². The van der Waals surface area contributed by atoms with Crippen LogP contribution in [0.25, 0.3) is 93.1 Å². The maximum atomic E-state index is 7.71. The topological polar surface area (TPSA) is 133 Å². The van der Waals surface area contributed by atoms with E-state index < -0.39 is 13.7 Å². The summed E-state index contributed by atoms with van der Waals surface area (Å²) in [4.78, 5) is 26.6. The molecule has 16 rings (SSSR count). The van der Waals surface area contributed by atoms with Crippen LogP contribution in [0.5, 0.6) is 0 Å². The number of aromatic nitrogens is 8. The van der Waals surface area contributed by atoms with Gasteiger partial charge >= 0.3 is 27.4 Å². The average Bonchev–Trinajstić information content (AvgIpc) is 1.57. The molecule has 0 radical (unpaired) electrons. The van der Waals surface area contributed by atoms with Crippen LogP contribution in [-0.2, 0) is 28.2 Å². The second-order valence-electron chi connectivity index (χ2n) is 24.7. The van der Waals surface area contributed by atoms with Crippen molar-refractivity contribution in [3.8, 4) is 0 Å². The lowest BCUT2D eigenvalue weighted by molar-refractivity contribution is -0.654. The van der Waals surface area contributed by atoms with Crippen molar-refractivity contribution in [3.63, 3.8) is 0 Å². The molecule has 456 valence electrons. The summed E-state index contributed by atoms with van der Waals surface area (Å²) in [5.74, 6) is 8.47. The molecular formula is C72H76B4N12O4+4. The van der Waals surface area contributed by atoms with E-state index in [2.05, 4.69) is 181 Å². The summed E-state index contributed by atoms with van der Waals surface area (Å²) >= 11 is 0. The predicted octanol–water partition coefficient (Wildman–Crippen LogP) is 0.684. The molecule has 12 aromatic heterocycles. The molecule has 0 saturated heterocycles. The minimum Gasteiger partial charge on any atom is -0.439 e. The van der Waals surface area contributed by atoms with Gasteiger partial charge in [-0.25, -0.2) is 38.2 Å². The third kappa shape index (κ3) is 11.6. The van der Waals surface area contributed by atoms with Gasteiger partial charge in [0.15, 0.2) is 47.2 Å². The molecule has 0 saturated carbocycles. The summed E-state index contributed by atoms with van der Waals surface area (Å²) in [5.41, 5.74) is 17.0. The smallest absolute Gasteiger partial charge is 0.399 e. The Labute approximate surface area is 544 Å². The van der Waals surface area contributed by atoms with Gasteiger partial charge in [-0.05, 0) is 210 Å². The van der Waals surface area contributed by atoms with Gasteiger partial charge in [0.1, 0.15) is 49.9 Å². The summed E-state index contributed by atoms with van der Waals surface area (Å²) in [6.45, 7) is 7.76. The first-order valence-electron chi connectivity index (χ1n) is 33.7. The molecule has 4 aliphatic heterocycles. The first-order chi connectivity index (χ1) is 46.5. The Morgan fingerprint density at radius 2 is 0.750 bits per heavy atom. The van der Waals surface area contributed by atoms with Crippen LogP contribution in [-0.4, -0.2) is 94.8 Å². The highest BCUT2D eigenvalue weighted by Crippen LogP contribution is 2.14. The molecule has 0 spiro atoms. The molecule has 0 N–H and O–H groups in total. The zero-order valence-corrected chi connectivity index (χ0v) is 54.5. The highest BCUT2D eigenvalue weighted by atomic mass is 16.3. The van der Waals surface area contributed by atoms with Crippen LogP contribution in [0.1, 0.15) is 53.3 Å². The second-order valence-corrected chi connectivity index (χ2v) is 24.7. The van der Waals surface area contributed by atoms with E-state index in [1.165, 1.54) is 16.8 Å². The largest absolute Gasteiger partial charge is 0.439 e. The van der Waals surface area contributed by atoms with Crippen LogP contribution in [0.4, 0.5) is 0 Å². The van der Waals surface area contributed by atoms with Gasteiger partial charge in [-0.2, -0.15) is 0 Å². The molecule has 0 unspecified atom stereocenters. The van der Waals surface area contributed by atoms with Crippen molar-refractivity contribution in [1.82, 2.24) is 39.2 Å². The Balaban J connectivity index is 0.000000118. The monoisotopic (exact) mass is 1220 g/mol. The molecule has 0 aromatic carbocycles. The van der Waals surface area contributed by atoms with Crippen molar-refractivity contribution < 1.29 is 44.2 Å². The number of hydrogen-bond donors (Lipinski definition) is 0. The maximum absolute atomic E-state index is 7.71. The van der Waals surface area contributed by atoms with E-state index in [0.717, 1.165) is 104 Å². The predicted molar refractivity (Wildman–Crippen MR) is 370 cm³/mol. The number of rotatable bonds is 4. The molecule has 0 aliphatic carbocycles. The fourth-order valence-corrected chi connectivity index (χ4v) is 12.6. The second kappa shape index (κ2) is 24.2. The molecule has 0 bridgehead atoms. The third-order valence-electron chi connectivity index (χ3n) is 17.7. The Bertz CT molecular complexity index is 5760. The summed E-state index contributed by atoms with van der Waals surface area (Å²) in [6.07, 6.45) is 16.0. The molecule has 0 fully saturated rings. The molecule has 92 heavy (non-hydrogen) atoms. The van der Waals surface area contributed by atoms with E-state index in [9.17, 15) is 0 Å². The number of aryl methyl sites for hydroxylation is 12. The number of hydrogen-bond acceptors (Lipinski definition) is 12. The van der Waals surface area contributed by atoms with Crippen LogP contribution in [0.15, 0.2) is 140 Å². The van der Waals surface area contributed by atoms with Gasteiger partial charge in [0, 0.05) is 109 Å². The van der Waals surface area contributed by atoms with Gasteiger partial charge in [0.25, 0.3) is 0 Å². The van der Waals surface area contributed by atoms with E-state index in [1.807, 2.05) is 127 Å². The Morgan fingerprint density at radius 1 is 0.370 bits per heavy atom. The molecule has 12 aromatic rings. The fraction of sp³-hybridized carbons (Fsp3) is 0.222. The third-order valence-corrected chi connectivity index (χ3v) is 17.7. The van der Waals surface area contributed by atoms with E-state index in [1.54, 1.807) is 18.5 Å². The Kier molecular flexibility index (Phi) is 14.1. The molecule has 4 aliphatic rings. The van der Waals surface area contributed by atoms with Gasteiger partial charge in [-0.15, -0.1) is 0 Å². The molecule has 0 atom stereocenters. The lowest BCUT2D eigenvalue weighted by Crippen LogP contribution is -2.61. The van der Waals surface area contributed by atoms with Crippen LogP contribution < -0.4 is 83.2 Å². The molecule has 16 nitrogen and oxygen atoms in total. The minimum absolute atomic E-state index is 0.0557. The van der Waals surface area contributed by atoms with E-state index >= 15 is 0 Å². The van der Waals surface area contributed by atoms with Crippen LogP contribution in [0.2, 0.25) is 0 Å². The van der Waals surface area contributed by atoms with Gasteiger partial charge in [0.05, 0.1) is 0 Å². The molecule has 0 amide bonds. The van der Waals surface area contributed by atoms with Gasteiger partial charge in [-0.3, -0.25) is 0 Å². The van der Waals surface area contributed by atoms with Crippen molar-refractivity contribution in [2.75, 3.05) is 28.2 Å². The minimum atomic E-state index is -2.12. The van der Waals surface area contributed by atoms with Crippen molar-refractivity contribution in [2.24, 2.45) is 28.2 Å². The summed E-state index contributed by atoms with van der Waals surface area (Å²) in [7, 11) is 16.1. The highest BCUT2D eigenvalue weighted by Gasteiger charge is 2.35. The van der Waals surface area contributed by atoms with Gasteiger partial charge in [0.2, 0.25) is 22.9 Å². The highest BCUT2D eigenvalue weighted by molar-refractivity contribution is 6.84. The Morgan fingerprint density at radius 3 is 1.14 bits per heavy atom. The fourth-order valence-electron chi connectivity index (χ4n) is 12.6. The quantitative estimate of drug-likeness (QED) is 0.182. The van der Waals surface area contributed by atoms with Crippen LogP contribution in [0, 0.1) is 55.2 Å². The summed E-state index contributed by atoms with van der Waals surface area (Å²) < 4.78 is 77.9. The first-order valence-corrected chi connectivity index (χ1v) is 30.7. The first kappa shape index (κ1) is 53.6. The van der Waals surface area contributed by atoms with Crippen LogP contribution >= 0.6 is 0 Å². The molecular weight excluding hydrogens is 1140 g/mol. The lowest BCUT2D eigenvalue weighted by atomic mass is 9.56. The molecule has 20 heteroatoms. The Hall–Kier alpha value is -10.2. The normalized spacial score (nSPS) is 15.0. The SMILES string of the molecule is Cc1cc[n+](C)c(B2C=c3oc4nc(C)ccc4c3=CN2C)c1.Cc1ccc2c3c(oc2n1)=CB(c1cccc[n+]1C)N(C)C=3.[2H]C([2H])([2H])c1c[n+](C)c(B2C=c3oc4nc(C)ccc4c3=CN2C)cc1C.[2H]C([2H])([2H])c1ccc(B2C=c3oc4nc(C)ccc4c3=CN2C)[n+](C)c1. The maximum Gasteiger partial charge on any atom is 0.399 e. The van der Waals surface area contributed by atoms with Crippen LogP contribution in [0.3, 0.4) is 0 Å². The number of pyridine rings is 8. The van der Waals surface area contributed by atoms with E-state index in [0.29, 0.717) is 34.0 Å². The van der Waals surface area contributed by atoms with Crippen molar-refractivity contribution >= 4 is 143 Å². The van der Waals surface area contributed by atoms with E-state index in [4.69, 9.17) is 25.9 Å². The van der Waals surface area contributed by atoms with E-state index in [-0.39, 0.29) is 27.4 Å². The van der Waals surface area contributed by atoms with Gasteiger partial charge in [-0.1, -0.05) is 6.07 Å². The average molecular weight is 1220 g/mol. The zero-order chi connectivity index (χ0) is 69.5. The number of fused-ring (bicyclic) bond motifs is 12. The van der Waals surface area contributed by atoms with Gasteiger partial charge < -0.3 is 36.9 Å². The molecule has 16 heterocycles. The zero-order valence-electron chi connectivity index (χ0n) is 60.5. The number of furan rings is 4.